The molecule has 0 N–H and O–H groups in total. The van der Waals surface area contributed by atoms with Crippen LogP contribution in [0.4, 0.5) is 0 Å². The second-order valence-corrected chi connectivity index (χ2v) is 8.15. The van der Waals surface area contributed by atoms with Crippen molar-refractivity contribution in [2.24, 2.45) is 0 Å². The maximum atomic E-state index is 12.9. The topological polar surface area (TPSA) is 55.8 Å². The van der Waals surface area contributed by atoms with E-state index in [4.69, 9.17) is 21.1 Å². The fourth-order valence-electron chi connectivity index (χ4n) is 2.06. The first-order valence-electron chi connectivity index (χ1n) is 6.53. The van der Waals surface area contributed by atoms with Gasteiger partial charge in [0, 0.05) is 36.6 Å². The quantitative estimate of drug-likeness (QED) is 0.638. The highest BCUT2D eigenvalue weighted by molar-refractivity contribution is 7.89. The summed E-state index contributed by atoms with van der Waals surface area (Å²) in [5.41, 5.74) is 0. The summed E-state index contributed by atoms with van der Waals surface area (Å²) >= 11 is 7.21. The number of sulfonamides is 1. The summed E-state index contributed by atoms with van der Waals surface area (Å²) in [6.07, 6.45) is 0. The van der Waals surface area contributed by atoms with Gasteiger partial charge in [0.05, 0.1) is 24.0 Å². The molecule has 1 rings (SSSR count). The molecule has 0 aliphatic carbocycles. The second kappa shape index (κ2) is 8.45. The standard InChI is InChI=1S/C13H22ClNO4S2/c1-10(9-19-4)15(5-6-18-3)21(16,17)13-7-12(8-14)20-11(13)2/h7,10H,5-6,8-9H2,1-4H3. The lowest BCUT2D eigenvalue weighted by molar-refractivity contribution is 0.119. The molecule has 21 heavy (non-hydrogen) atoms. The molecule has 0 aliphatic heterocycles. The van der Waals surface area contributed by atoms with Crippen LogP contribution in [0.25, 0.3) is 0 Å². The molecule has 0 spiro atoms. The highest BCUT2D eigenvalue weighted by Crippen LogP contribution is 2.30. The average Bonchev–Trinajstić information content (AvgIpc) is 2.81. The fraction of sp³-hybridized carbons (Fsp3) is 0.692. The molecule has 8 heteroatoms. The molecule has 0 aliphatic rings. The minimum atomic E-state index is -3.59. The Balaban J connectivity index is 3.15. The number of rotatable bonds is 9. The Hall–Kier alpha value is -0.180. The van der Waals surface area contributed by atoms with Crippen molar-refractivity contribution in [1.29, 1.82) is 0 Å². The highest BCUT2D eigenvalue weighted by Gasteiger charge is 2.31. The number of nitrogens with zero attached hydrogens (tertiary/aromatic N) is 1. The molecule has 5 nitrogen and oxygen atoms in total. The SMILES string of the molecule is COCCN(C(C)COC)S(=O)(=O)c1cc(CCl)sc1C. The molecule has 1 unspecified atom stereocenters. The zero-order valence-corrected chi connectivity index (χ0v) is 15.1. The summed E-state index contributed by atoms with van der Waals surface area (Å²) in [4.78, 5) is 1.92. The fourth-order valence-corrected chi connectivity index (χ4v) is 5.35. The smallest absolute Gasteiger partial charge is 0.244 e. The monoisotopic (exact) mass is 355 g/mol. The first-order chi connectivity index (χ1) is 9.88. The maximum absolute atomic E-state index is 12.9. The van der Waals surface area contributed by atoms with Crippen molar-refractivity contribution >= 4 is 33.0 Å². The third kappa shape index (κ3) is 4.64. The third-order valence-electron chi connectivity index (χ3n) is 3.06. The van der Waals surface area contributed by atoms with Crippen LogP contribution in [0.5, 0.6) is 0 Å². The highest BCUT2D eigenvalue weighted by atomic mass is 35.5. The van der Waals surface area contributed by atoms with Gasteiger partial charge in [-0.05, 0) is 19.9 Å². The van der Waals surface area contributed by atoms with Gasteiger partial charge >= 0.3 is 0 Å². The van der Waals surface area contributed by atoms with Crippen LogP contribution < -0.4 is 0 Å². The van der Waals surface area contributed by atoms with Crippen LogP contribution >= 0.6 is 22.9 Å². The van der Waals surface area contributed by atoms with Gasteiger partial charge in [0.1, 0.15) is 0 Å². The van der Waals surface area contributed by atoms with Crippen LogP contribution in [-0.4, -0.2) is 52.7 Å². The lowest BCUT2D eigenvalue weighted by atomic mass is 10.3. The van der Waals surface area contributed by atoms with Gasteiger partial charge < -0.3 is 9.47 Å². The van der Waals surface area contributed by atoms with E-state index in [1.807, 2.05) is 6.92 Å². The number of aryl methyl sites for hydroxylation is 1. The Morgan fingerprint density at radius 3 is 2.52 bits per heavy atom. The van der Waals surface area contributed by atoms with Gasteiger partial charge in [0.2, 0.25) is 10.0 Å². The van der Waals surface area contributed by atoms with Crippen LogP contribution in [0, 0.1) is 6.92 Å². The second-order valence-electron chi connectivity index (χ2n) is 4.68. The Morgan fingerprint density at radius 1 is 1.38 bits per heavy atom. The van der Waals surface area contributed by atoms with Gasteiger partial charge in [-0.2, -0.15) is 4.31 Å². The van der Waals surface area contributed by atoms with Crippen LogP contribution in [0.15, 0.2) is 11.0 Å². The lowest BCUT2D eigenvalue weighted by Gasteiger charge is -2.27. The number of halogens is 1. The van der Waals surface area contributed by atoms with E-state index in [1.165, 1.54) is 15.6 Å². The molecule has 1 heterocycles. The number of alkyl halides is 1. The maximum Gasteiger partial charge on any atom is 0.244 e. The molecule has 0 fully saturated rings. The average molecular weight is 356 g/mol. The summed E-state index contributed by atoms with van der Waals surface area (Å²) in [6, 6.07) is 1.38. The number of ether oxygens (including phenoxy) is 2. The Labute approximate surface area is 135 Å². The van der Waals surface area contributed by atoms with E-state index in [0.29, 0.717) is 24.0 Å². The summed E-state index contributed by atoms with van der Waals surface area (Å²) in [5.74, 6) is 0.312. The van der Waals surface area contributed by atoms with Gasteiger partial charge in [-0.25, -0.2) is 8.42 Å². The predicted octanol–water partition coefficient (Wildman–Crippen LogP) is 2.47. The summed E-state index contributed by atoms with van der Waals surface area (Å²) in [6.45, 7) is 4.56. The van der Waals surface area contributed by atoms with Gasteiger partial charge in [0.25, 0.3) is 0 Å². The molecule has 1 aromatic heterocycles. The third-order valence-corrected chi connectivity index (χ3v) is 6.82. The normalized spacial score (nSPS) is 13.8. The summed E-state index contributed by atoms with van der Waals surface area (Å²) in [7, 11) is -0.486. The van der Waals surface area contributed by atoms with E-state index in [-0.39, 0.29) is 12.6 Å². The molecule has 0 saturated heterocycles. The van der Waals surface area contributed by atoms with Gasteiger partial charge in [0.15, 0.2) is 0 Å². The van der Waals surface area contributed by atoms with Crippen LogP contribution in [0.3, 0.4) is 0 Å². The van der Waals surface area contributed by atoms with Crippen molar-refractivity contribution < 1.29 is 17.9 Å². The Kier molecular flexibility index (Phi) is 7.59. The molecule has 122 valence electrons. The van der Waals surface area contributed by atoms with Crippen molar-refractivity contribution in [3.05, 3.63) is 15.8 Å². The zero-order chi connectivity index (χ0) is 16.0. The molecule has 0 saturated carbocycles. The van der Waals surface area contributed by atoms with Crippen molar-refractivity contribution in [3.8, 4) is 0 Å². The number of methoxy groups -OCH3 is 2. The zero-order valence-electron chi connectivity index (χ0n) is 12.8. The Bertz CT molecular complexity index is 544. The van der Waals surface area contributed by atoms with Gasteiger partial charge in [-0.3, -0.25) is 0 Å². The molecule has 0 radical (unpaired) electrons. The van der Waals surface area contributed by atoms with E-state index >= 15 is 0 Å². The van der Waals surface area contributed by atoms with E-state index in [2.05, 4.69) is 0 Å². The first-order valence-corrected chi connectivity index (χ1v) is 9.32. The van der Waals surface area contributed by atoms with Crippen LogP contribution in [0.2, 0.25) is 0 Å². The van der Waals surface area contributed by atoms with E-state index in [1.54, 1.807) is 27.2 Å². The van der Waals surface area contributed by atoms with Gasteiger partial charge in [-0.15, -0.1) is 22.9 Å². The molecule has 0 amide bonds. The summed E-state index contributed by atoms with van der Waals surface area (Å²) in [5, 5.41) is 0. The van der Waals surface area contributed by atoms with E-state index in [9.17, 15) is 8.42 Å². The molecule has 0 aromatic carbocycles. The predicted molar refractivity (Wildman–Crippen MR) is 85.7 cm³/mol. The minimum absolute atomic E-state index is 0.270. The molecule has 1 atom stereocenters. The van der Waals surface area contributed by atoms with Crippen molar-refractivity contribution in [2.45, 2.75) is 30.7 Å². The van der Waals surface area contributed by atoms with Crippen molar-refractivity contribution in [1.82, 2.24) is 4.31 Å². The van der Waals surface area contributed by atoms with Gasteiger partial charge in [-0.1, -0.05) is 0 Å². The summed E-state index contributed by atoms with van der Waals surface area (Å²) < 4.78 is 37.3. The largest absolute Gasteiger partial charge is 0.383 e. The van der Waals surface area contributed by atoms with Crippen molar-refractivity contribution in [2.75, 3.05) is 34.0 Å². The lowest BCUT2D eigenvalue weighted by Crippen LogP contribution is -2.43. The van der Waals surface area contributed by atoms with Crippen LogP contribution in [-0.2, 0) is 25.4 Å². The molecule has 0 bridgehead atoms. The van der Waals surface area contributed by atoms with E-state index in [0.717, 1.165) is 9.75 Å². The first kappa shape index (κ1) is 18.9. The minimum Gasteiger partial charge on any atom is -0.383 e. The number of hydrogen-bond donors (Lipinski definition) is 0. The number of hydrogen-bond acceptors (Lipinski definition) is 5. The van der Waals surface area contributed by atoms with Crippen molar-refractivity contribution in [3.63, 3.8) is 0 Å². The molecular weight excluding hydrogens is 334 g/mol. The van der Waals surface area contributed by atoms with E-state index < -0.39 is 10.0 Å². The number of thiophene rings is 1. The Morgan fingerprint density at radius 2 is 2.05 bits per heavy atom. The molecule has 1 aromatic rings. The van der Waals surface area contributed by atoms with Crippen LogP contribution in [0.1, 0.15) is 16.7 Å². The molecular formula is C13H22ClNO4S2.